The minimum Gasteiger partial charge on any atom is -0.497 e. The van der Waals surface area contributed by atoms with Crippen molar-refractivity contribution < 1.29 is 27.1 Å². The van der Waals surface area contributed by atoms with Crippen LogP contribution in [0, 0.1) is 5.82 Å². The van der Waals surface area contributed by atoms with E-state index in [0.29, 0.717) is 16.3 Å². The molecule has 2 amide bonds. The van der Waals surface area contributed by atoms with Crippen molar-refractivity contribution in [1.29, 1.82) is 0 Å². The number of amides is 2. The average molecular weight is 576 g/mol. The van der Waals surface area contributed by atoms with E-state index < -0.39 is 40.2 Å². The lowest BCUT2D eigenvalue weighted by Gasteiger charge is -2.32. The molecule has 0 radical (unpaired) electrons. The largest absolute Gasteiger partial charge is 0.497 e. The Bertz CT molecular complexity index is 1380. The minimum atomic E-state index is -4.23. The number of rotatable bonds is 11. The standard InChI is InChI=1S/C28H31ClFN3O5S/c1-19(2)31-28(35)20(3)32(17-21-5-9-23(30)10-6-21)27(34)18-33(24-11-7-22(29)8-12-24)39(36,37)26-15-13-25(38-4)14-16-26/h5-16,19-20H,17-18H2,1-4H3,(H,31,35)/t20-/m1/s1. The summed E-state index contributed by atoms with van der Waals surface area (Å²) < 4.78 is 47.2. The Morgan fingerprint density at radius 3 is 2.08 bits per heavy atom. The highest BCUT2D eigenvalue weighted by molar-refractivity contribution is 7.92. The Kier molecular flexibility index (Phi) is 9.93. The van der Waals surface area contributed by atoms with Crippen LogP contribution >= 0.6 is 11.6 Å². The molecule has 0 aliphatic rings. The molecule has 0 aliphatic carbocycles. The molecule has 0 bridgehead atoms. The lowest BCUT2D eigenvalue weighted by Crippen LogP contribution is -2.52. The molecule has 0 spiro atoms. The van der Waals surface area contributed by atoms with Gasteiger partial charge >= 0.3 is 0 Å². The van der Waals surface area contributed by atoms with Crippen LogP contribution in [0.4, 0.5) is 10.1 Å². The first-order valence-electron chi connectivity index (χ1n) is 12.2. The zero-order valence-corrected chi connectivity index (χ0v) is 23.7. The maximum Gasteiger partial charge on any atom is 0.264 e. The molecule has 0 saturated heterocycles. The van der Waals surface area contributed by atoms with Gasteiger partial charge in [0.25, 0.3) is 10.0 Å². The Morgan fingerprint density at radius 2 is 1.54 bits per heavy atom. The first-order valence-corrected chi connectivity index (χ1v) is 14.0. The van der Waals surface area contributed by atoms with Gasteiger partial charge < -0.3 is 15.0 Å². The number of methoxy groups -OCH3 is 1. The maximum atomic E-state index is 13.8. The molecule has 8 nitrogen and oxygen atoms in total. The molecule has 0 fully saturated rings. The van der Waals surface area contributed by atoms with Crippen molar-refractivity contribution in [3.05, 3.63) is 89.2 Å². The van der Waals surface area contributed by atoms with E-state index >= 15 is 0 Å². The van der Waals surface area contributed by atoms with Gasteiger partial charge in [0.1, 0.15) is 24.2 Å². The SMILES string of the molecule is COc1ccc(S(=O)(=O)N(CC(=O)N(Cc2ccc(F)cc2)[C@H](C)C(=O)NC(C)C)c2ccc(Cl)cc2)cc1. The number of carbonyl (C=O) groups excluding carboxylic acids is 2. The number of carbonyl (C=O) groups is 2. The summed E-state index contributed by atoms with van der Waals surface area (Å²) in [5.74, 6) is -1.01. The van der Waals surface area contributed by atoms with Crippen LogP contribution in [0.15, 0.2) is 77.7 Å². The summed E-state index contributed by atoms with van der Waals surface area (Å²) in [4.78, 5) is 27.9. The number of nitrogens with zero attached hydrogens (tertiary/aromatic N) is 2. The molecule has 1 atom stereocenters. The van der Waals surface area contributed by atoms with E-state index in [2.05, 4.69) is 5.32 Å². The lowest BCUT2D eigenvalue weighted by molar-refractivity contribution is -0.139. The Labute approximate surface area is 233 Å². The van der Waals surface area contributed by atoms with Crippen LogP contribution in [-0.4, -0.2) is 50.9 Å². The van der Waals surface area contributed by atoms with Gasteiger partial charge in [-0.1, -0.05) is 23.7 Å². The van der Waals surface area contributed by atoms with Crippen LogP contribution < -0.4 is 14.4 Å². The number of nitrogens with one attached hydrogen (secondary N) is 1. The fourth-order valence-corrected chi connectivity index (χ4v) is 5.33. The Morgan fingerprint density at radius 1 is 0.949 bits per heavy atom. The van der Waals surface area contributed by atoms with Crippen molar-refractivity contribution in [3.8, 4) is 5.75 Å². The quantitative estimate of drug-likeness (QED) is 0.360. The molecule has 1 N–H and O–H groups in total. The number of ether oxygens (including phenoxy) is 1. The fourth-order valence-electron chi connectivity index (χ4n) is 3.79. The molecular weight excluding hydrogens is 545 g/mol. The molecule has 39 heavy (non-hydrogen) atoms. The average Bonchev–Trinajstić information content (AvgIpc) is 2.91. The predicted octanol–water partition coefficient (Wildman–Crippen LogP) is 4.62. The number of hydrogen-bond acceptors (Lipinski definition) is 5. The smallest absolute Gasteiger partial charge is 0.264 e. The van der Waals surface area contributed by atoms with Crippen molar-refractivity contribution in [2.24, 2.45) is 0 Å². The molecule has 208 valence electrons. The number of anilines is 1. The highest BCUT2D eigenvalue weighted by atomic mass is 35.5. The molecule has 0 aliphatic heterocycles. The van der Waals surface area contributed by atoms with Gasteiger partial charge in [-0.05, 0) is 87.0 Å². The third kappa shape index (κ3) is 7.70. The van der Waals surface area contributed by atoms with Crippen molar-refractivity contribution in [2.75, 3.05) is 18.0 Å². The monoisotopic (exact) mass is 575 g/mol. The Hall–Kier alpha value is -3.63. The summed E-state index contributed by atoms with van der Waals surface area (Å²) in [6.45, 7) is 4.50. The summed E-state index contributed by atoms with van der Waals surface area (Å²) in [6, 6.07) is 16.2. The van der Waals surface area contributed by atoms with Crippen LogP contribution in [0.1, 0.15) is 26.3 Å². The topological polar surface area (TPSA) is 96.0 Å². The van der Waals surface area contributed by atoms with Crippen molar-refractivity contribution >= 4 is 39.1 Å². The van der Waals surface area contributed by atoms with E-state index in [4.69, 9.17) is 16.3 Å². The van der Waals surface area contributed by atoms with Crippen molar-refractivity contribution in [1.82, 2.24) is 10.2 Å². The molecule has 3 aromatic rings. The van der Waals surface area contributed by atoms with Crippen LogP contribution in [0.25, 0.3) is 0 Å². The van der Waals surface area contributed by atoms with Crippen LogP contribution in [0.5, 0.6) is 5.75 Å². The Balaban J connectivity index is 2.02. The van der Waals surface area contributed by atoms with Gasteiger partial charge in [-0.3, -0.25) is 13.9 Å². The number of sulfonamides is 1. The molecule has 11 heteroatoms. The van der Waals surface area contributed by atoms with Gasteiger partial charge in [0.05, 0.1) is 17.7 Å². The summed E-state index contributed by atoms with van der Waals surface area (Å²) in [5, 5.41) is 3.17. The maximum absolute atomic E-state index is 13.8. The van der Waals surface area contributed by atoms with E-state index in [1.807, 2.05) is 0 Å². The third-order valence-electron chi connectivity index (χ3n) is 5.91. The van der Waals surface area contributed by atoms with Gasteiger partial charge in [-0.2, -0.15) is 0 Å². The van der Waals surface area contributed by atoms with E-state index in [1.54, 1.807) is 20.8 Å². The summed E-state index contributed by atoms with van der Waals surface area (Å²) in [6.07, 6.45) is 0. The molecule has 0 aromatic heterocycles. The molecule has 3 rings (SSSR count). The fraction of sp³-hybridized carbons (Fsp3) is 0.286. The number of hydrogen-bond donors (Lipinski definition) is 1. The lowest BCUT2D eigenvalue weighted by atomic mass is 10.1. The predicted molar refractivity (Wildman–Crippen MR) is 149 cm³/mol. The van der Waals surface area contributed by atoms with Crippen LogP contribution in [0.3, 0.4) is 0 Å². The third-order valence-corrected chi connectivity index (χ3v) is 7.95. The van der Waals surface area contributed by atoms with Gasteiger partial charge in [-0.15, -0.1) is 0 Å². The van der Waals surface area contributed by atoms with Gasteiger partial charge in [-0.25, -0.2) is 12.8 Å². The first-order chi connectivity index (χ1) is 18.4. The number of benzene rings is 3. The summed E-state index contributed by atoms with van der Waals surface area (Å²) in [7, 11) is -2.76. The van der Waals surface area contributed by atoms with Gasteiger partial charge in [0, 0.05) is 17.6 Å². The highest BCUT2D eigenvalue weighted by Gasteiger charge is 2.32. The summed E-state index contributed by atoms with van der Waals surface area (Å²) >= 11 is 6.03. The zero-order chi connectivity index (χ0) is 28.7. The van der Waals surface area contributed by atoms with Gasteiger partial charge in [0.2, 0.25) is 11.8 Å². The second-order valence-corrected chi connectivity index (χ2v) is 11.4. The van der Waals surface area contributed by atoms with Crippen LogP contribution in [-0.2, 0) is 26.2 Å². The minimum absolute atomic E-state index is 0.0389. The van der Waals surface area contributed by atoms with Gasteiger partial charge in [0.15, 0.2) is 0 Å². The molecule has 0 heterocycles. The normalized spacial score (nSPS) is 12.1. The summed E-state index contributed by atoms with van der Waals surface area (Å²) in [5.41, 5.74) is 0.787. The molecule has 0 unspecified atom stereocenters. The van der Waals surface area contributed by atoms with E-state index in [9.17, 15) is 22.4 Å². The van der Waals surface area contributed by atoms with Crippen molar-refractivity contribution in [3.63, 3.8) is 0 Å². The molecule has 3 aromatic carbocycles. The highest BCUT2D eigenvalue weighted by Crippen LogP contribution is 2.27. The first kappa shape index (κ1) is 29.9. The molecule has 0 saturated carbocycles. The van der Waals surface area contributed by atoms with E-state index in [0.717, 1.165) is 4.31 Å². The number of halogens is 2. The molecular formula is C28H31ClFN3O5S. The second-order valence-electron chi connectivity index (χ2n) is 9.15. The van der Waals surface area contributed by atoms with Crippen molar-refractivity contribution in [2.45, 2.75) is 44.3 Å². The van der Waals surface area contributed by atoms with Crippen LogP contribution in [0.2, 0.25) is 5.02 Å². The van der Waals surface area contributed by atoms with E-state index in [1.165, 1.54) is 84.8 Å². The van der Waals surface area contributed by atoms with E-state index in [-0.39, 0.29) is 23.2 Å². The zero-order valence-electron chi connectivity index (χ0n) is 22.1. The second kappa shape index (κ2) is 12.9.